The number of ether oxygens (including phenoxy) is 2. The van der Waals surface area contributed by atoms with Crippen molar-refractivity contribution in [3.63, 3.8) is 0 Å². The van der Waals surface area contributed by atoms with Crippen LogP contribution in [0.4, 0.5) is 5.69 Å². The van der Waals surface area contributed by atoms with E-state index in [1.54, 1.807) is 32.0 Å². The number of aromatic nitrogens is 2. The predicted octanol–water partition coefficient (Wildman–Crippen LogP) is 3.88. The van der Waals surface area contributed by atoms with Crippen molar-refractivity contribution in [2.75, 3.05) is 18.6 Å². The fraction of sp³-hybridized carbons (Fsp3) is 0.423. The van der Waals surface area contributed by atoms with Gasteiger partial charge in [-0.15, -0.1) is 0 Å². The number of nitrogens with two attached hydrogens (primary N) is 1. The van der Waals surface area contributed by atoms with Gasteiger partial charge in [-0.25, -0.2) is 13.1 Å². The standard InChI is InChI=1S/C26H32N4O6S/c1-15(2)35-22-12-9-16(13-20(22)27)24-28-23(29-36-24)19-8-6-7-18-17(19)10-11-21(18)30-37(32,33)14-26(3,4)25(31)34-5/h6-9,12-13,15,21,30H,10-11,14,27H2,1-5H3/t21-/m0/s1. The van der Waals surface area contributed by atoms with Crippen LogP contribution in [-0.2, 0) is 26.0 Å². The molecule has 1 heterocycles. The first kappa shape index (κ1) is 26.6. The summed E-state index contributed by atoms with van der Waals surface area (Å²) in [4.78, 5) is 16.6. The van der Waals surface area contributed by atoms with Crippen LogP contribution in [0, 0.1) is 5.41 Å². The molecule has 11 heteroatoms. The Labute approximate surface area is 216 Å². The van der Waals surface area contributed by atoms with Gasteiger partial charge in [-0.3, -0.25) is 4.79 Å². The molecule has 4 rings (SSSR count). The smallest absolute Gasteiger partial charge is 0.312 e. The quantitative estimate of drug-likeness (QED) is 0.312. The number of esters is 1. The lowest BCUT2D eigenvalue weighted by atomic mass is 9.97. The second-order valence-corrected chi connectivity index (χ2v) is 11.8. The van der Waals surface area contributed by atoms with Gasteiger partial charge in [0.05, 0.1) is 30.1 Å². The number of nitrogens with zero attached hydrogens (tertiary/aromatic N) is 2. The molecule has 0 radical (unpaired) electrons. The summed E-state index contributed by atoms with van der Waals surface area (Å²) in [6.07, 6.45) is 1.20. The van der Waals surface area contributed by atoms with Crippen LogP contribution in [0.5, 0.6) is 5.75 Å². The highest BCUT2D eigenvalue weighted by Crippen LogP contribution is 2.38. The number of carbonyl (C=O) groups is 1. The van der Waals surface area contributed by atoms with Crippen LogP contribution in [0.15, 0.2) is 40.9 Å². The summed E-state index contributed by atoms with van der Waals surface area (Å²) >= 11 is 0. The molecule has 0 fully saturated rings. The molecule has 198 valence electrons. The zero-order chi connectivity index (χ0) is 27.0. The molecule has 0 unspecified atom stereocenters. The first-order chi connectivity index (χ1) is 17.4. The number of sulfonamides is 1. The predicted molar refractivity (Wildman–Crippen MR) is 139 cm³/mol. The van der Waals surface area contributed by atoms with Crippen molar-refractivity contribution in [2.24, 2.45) is 5.41 Å². The highest BCUT2D eigenvalue weighted by atomic mass is 32.2. The normalized spacial score (nSPS) is 15.6. The average Bonchev–Trinajstić information content (AvgIpc) is 3.46. The molecule has 10 nitrogen and oxygen atoms in total. The summed E-state index contributed by atoms with van der Waals surface area (Å²) in [5.41, 5.74) is 8.67. The molecular formula is C26H32N4O6S. The van der Waals surface area contributed by atoms with Gasteiger partial charge < -0.3 is 19.7 Å². The second-order valence-electron chi connectivity index (χ2n) is 10.1. The van der Waals surface area contributed by atoms with E-state index >= 15 is 0 Å². The summed E-state index contributed by atoms with van der Waals surface area (Å²) in [5.74, 6) is 0.349. The van der Waals surface area contributed by atoms with Crippen molar-refractivity contribution in [1.82, 2.24) is 14.9 Å². The molecule has 3 N–H and O–H groups in total. The molecule has 3 aromatic rings. The van der Waals surface area contributed by atoms with Crippen molar-refractivity contribution < 1.29 is 27.2 Å². The second kappa shape index (κ2) is 10.1. The van der Waals surface area contributed by atoms with Crippen LogP contribution >= 0.6 is 0 Å². The van der Waals surface area contributed by atoms with Gasteiger partial charge in [0, 0.05) is 17.2 Å². The Morgan fingerprint density at radius 1 is 1.27 bits per heavy atom. The monoisotopic (exact) mass is 528 g/mol. The Bertz CT molecular complexity index is 1410. The Morgan fingerprint density at radius 3 is 2.70 bits per heavy atom. The van der Waals surface area contributed by atoms with Crippen molar-refractivity contribution in [3.8, 4) is 28.6 Å². The topological polar surface area (TPSA) is 147 Å². The van der Waals surface area contributed by atoms with Crippen LogP contribution in [0.3, 0.4) is 0 Å². The van der Waals surface area contributed by atoms with E-state index in [4.69, 9.17) is 19.7 Å². The Kier molecular flexibility index (Phi) is 7.29. The average molecular weight is 529 g/mol. The SMILES string of the molecule is COC(=O)C(C)(C)CS(=O)(=O)N[C@H]1CCc2c(-c3noc(-c4ccc(OC(C)C)c(N)c4)n3)cccc21. The largest absolute Gasteiger partial charge is 0.489 e. The van der Waals surface area contributed by atoms with E-state index in [1.165, 1.54) is 7.11 Å². The maximum atomic E-state index is 12.9. The fourth-order valence-corrected chi connectivity index (χ4v) is 6.38. The van der Waals surface area contributed by atoms with Crippen LogP contribution in [0.25, 0.3) is 22.8 Å². The lowest BCUT2D eigenvalue weighted by molar-refractivity contribution is -0.149. The summed E-state index contributed by atoms with van der Waals surface area (Å²) in [7, 11) is -2.52. The molecule has 1 aliphatic rings. The van der Waals surface area contributed by atoms with E-state index in [-0.39, 0.29) is 11.9 Å². The summed E-state index contributed by atoms with van der Waals surface area (Å²) in [6.45, 7) is 6.94. The minimum absolute atomic E-state index is 0.00373. The number of hydrogen-bond donors (Lipinski definition) is 2. The van der Waals surface area contributed by atoms with Crippen LogP contribution < -0.4 is 15.2 Å². The zero-order valence-electron chi connectivity index (χ0n) is 21.6. The summed E-state index contributed by atoms with van der Waals surface area (Å²) in [5, 5.41) is 4.17. The highest BCUT2D eigenvalue weighted by molar-refractivity contribution is 7.89. The van der Waals surface area contributed by atoms with Gasteiger partial charge in [0.25, 0.3) is 5.89 Å². The molecule has 37 heavy (non-hydrogen) atoms. The van der Waals surface area contributed by atoms with Gasteiger partial charge in [0.15, 0.2) is 0 Å². The molecule has 1 aliphatic carbocycles. The molecule has 0 saturated carbocycles. The van der Waals surface area contributed by atoms with Crippen molar-refractivity contribution in [2.45, 2.75) is 52.7 Å². The zero-order valence-corrected chi connectivity index (χ0v) is 22.4. The number of hydrogen-bond acceptors (Lipinski definition) is 9. The maximum absolute atomic E-state index is 12.9. The number of fused-ring (bicyclic) bond motifs is 1. The number of carbonyl (C=O) groups excluding carboxylic acids is 1. The van der Waals surface area contributed by atoms with E-state index in [1.807, 2.05) is 32.0 Å². The molecule has 1 aromatic heterocycles. The molecule has 0 amide bonds. The molecule has 0 bridgehead atoms. The third-order valence-electron chi connectivity index (χ3n) is 6.17. The first-order valence-corrected chi connectivity index (χ1v) is 13.7. The lowest BCUT2D eigenvalue weighted by Gasteiger charge is -2.23. The Balaban J connectivity index is 1.56. The molecule has 0 spiro atoms. The van der Waals surface area contributed by atoms with E-state index in [9.17, 15) is 13.2 Å². The summed E-state index contributed by atoms with van der Waals surface area (Å²) in [6, 6.07) is 10.5. The van der Waals surface area contributed by atoms with Gasteiger partial charge in [0.2, 0.25) is 15.8 Å². The van der Waals surface area contributed by atoms with Crippen molar-refractivity contribution >= 4 is 21.7 Å². The summed E-state index contributed by atoms with van der Waals surface area (Å²) < 4.78 is 44.5. The van der Waals surface area contributed by atoms with E-state index in [2.05, 4.69) is 14.9 Å². The van der Waals surface area contributed by atoms with Gasteiger partial charge in [0.1, 0.15) is 5.75 Å². The molecule has 2 aromatic carbocycles. The van der Waals surface area contributed by atoms with Crippen LogP contribution in [0.2, 0.25) is 0 Å². The molecular weight excluding hydrogens is 496 g/mol. The Morgan fingerprint density at radius 2 is 2.03 bits per heavy atom. The van der Waals surface area contributed by atoms with Crippen molar-refractivity contribution in [3.05, 3.63) is 47.5 Å². The van der Waals surface area contributed by atoms with Gasteiger partial charge >= 0.3 is 5.97 Å². The lowest BCUT2D eigenvalue weighted by Crippen LogP contribution is -2.39. The first-order valence-electron chi connectivity index (χ1n) is 12.0. The van der Waals surface area contributed by atoms with Crippen LogP contribution in [0.1, 0.15) is 51.3 Å². The van der Waals surface area contributed by atoms with E-state index in [0.29, 0.717) is 41.6 Å². The number of rotatable bonds is 9. The minimum atomic E-state index is -3.77. The minimum Gasteiger partial charge on any atom is -0.489 e. The maximum Gasteiger partial charge on any atom is 0.312 e. The number of nitrogens with one attached hydrogen (secondary N) is 1. The molecule has 1 atom stereocenters. The molecule has 0 saturated heterocycles. The van der Waals surface area contributed by atoms with E-state index in [0.717, 1.165) is 16.7 Å². The van der Waals surface area contributed by atoms with Gasteiger partial charge in [-0.1, -0.05) is 23.4 Å². The van der Waals surface area contributed by atoms with Gasteiger partial charge in [-0.2, -0.15) is 4.98 Å². The van der Waals surface area contributed by atoms with Gasteiger partial charge in [-0.05, 0) is 69.9 Å². The highest BCUT2D eigenvalue weighted by Gasteiger charge is 2.37. The molecule has 0 aliphatic heterocycles. The fourth-order valence-electron chi connectivity index (χ4n) is 4.55. The number of methoxy groups -OCH3 is 1. The number of nitrogen functional groups attached to an aromatic ring is 1. The Hall–Kier alpha value is -3.44. The van der Waals surface area contributed by atoms with Crippen LogP contribution in [-0.4, -0.2) is 43.5 Å². The third-order valence-corrected chi connectivity index (χ3v) is 7.91. The third kappa shape index (κ3) is 5.78. The van der Waals surface area contributed by atoms with E-state index < -0.39 is 27.4 Å². The van der Waals surface area contributed by atoms with Crippen molar-refractivity contribution in [1.29, 1.82) is 0 Å². The number of anilines is 1. The number of benzene rings is 2.